The molecule has 3 aliphatic heterocycles. The molecule has 43 heavy (non-hydrogen) atoms. The van der Waals surface area contributed by atoms with Gasteiger partial charge < -0.3 is 25.2 Å². The summed E-state index contributed by atoms with van der Waals surface area (Å²) in [7, 11) is 1.50. The average molecular weight is 592 g/mol. The molecule has 1 saturated heterocycles. The van der Waals surface area contributed by atoms with Crippen LogP contribution in [0.5, 0.6) is 11.5 Å². The predicted molar refractivity (Wildman–Crippen MR) is 154 cm³/mol. The summed E-state index contributed by atoms with van der Waals surface area (Å²) in [6, 6.07) is 7.51. The van der Waals surface area contributed by atoms with Crippen LogP contribution in [0.25, 0.3) is 11.1 Å². The van der Waals surface area contributed by atoms with Gasteiger partial charge in [0.1, 0.15) is 28.8 Å². The Hall–Kier alpha value is -4.58. The van der Waals surface area contributed by atoms with Crippen molar-refractivity contribution < 1.29 is 33.0 Å². The number of amides is 2. The van der Waals surface area contributed by atoms with E-state index in [1.54, 1.807) is 29.3 Å². The van der Waals surface area contributed by atoms with E-state index in [1.165, 1.54) is 18.3 Å². The van der Waals surface area contributed by atoms with E-state index in [0.717, 1.165) is 18.2 Å². The van der Waals surface area contributed by atoms with Crippen molar-refractivity contribution in [2.24, 2.45) is 16.8 Å². The van der Waals surface area contributed by atoms with Crippen molar-refractivity contribution in [2.75, 3.05) is 25.3 Å². The lowest BCUT2D eigenvalue weighted by atomic mass is 9.83. The number of rotatable bonds is 5. The fraction of sp³-hybridized carbons (Fsp3) is 0.355. The quantitative estimate of drug-likeness (QED) is 0.461. The molecule has 0 aliphatic carbocycles. The van der Waals surface area contributed by atoms with E-state index in [2.05, 4.69) is 4.98 Å². The highest BCUT2D eigenvalue weighted by Crippen LogP contribution is 2.49. The largest absolute Gasteiger partial charge is 0.496 e. The van der Waals surface area contributed by atoms with E-state index in [1.807, 2.05) is 13.8 Å². The predicted octanol–water partition coefficient (Wildman–Crippen LogP) is 3.82. The summed E-state index contributed by atoms with van der Waals surface area (Å²) in [6.45, 7) is 4.19. The zero-order chi connectivity index (χ0) is 30.6. The highest BCUT2D eigenvalue weighted by molar-refractivity contribution is 6.40. The summed E-state index contributed by atoms with van der Waals surface area (Å²) in [4.78, 5) is 31.8. The van der Waals surface area contributed by atoms with Gasteiger partial charge in [0.25, 0.3) is 5.91 Å². The van der Waals surface area contributed by atoms with Crippen molar-refractivity contribution in [2.45, 2.75) is 44.4 Å². The lowest BCUT2D eigenvalue weighted by molar-refractivity contribution is -0.133. The Morgan fingerprint density at radius 2 is 1.86 bits per heavy atom. The van der Waals surface area contributed by atoms with Crippen molar-refractivity contribution in [1.29, 1.82) is 0 Å². The van der Waals surface area contributed by atoms with Gasteiger partial charge in [0, 0.05) is 53.3 Å². The number of nitrogens with zero attached hydrogens (tertiary/aromatic N) is 4. The highest BCUT2D eigenvalue weighted by Gasteiger charge is 2.49. The fourth-order valence-electron chi connectivity index (χ4n) is 6.30. The number of aliphatic hydroxyl groups is 1. The number of hydrazone groups is 1. The van der Waals surface area contributed by atoms with Gasteiger partial charge in [-0.1, -0.05) is 0 Å². The maximum atomic E-state index is 14.5. The molecule has 10 nitrogen and oxygen atoms in total. The first-order valence-corrected chi connectivity index (χ1v) is 13.9. The molecule has 0 saturated carbocycles. The van der Waals surface area contributed by atoms with Crippen LogP contribution in [0.4, 0.5) is 14.5 Å². The molecule has 0 spiro atoms. The number of halogens is 2. The molecule has 3 aliphatic rings. The van der Waals surface area contributed by atoms with Gasteiger partial charge in [-0.15, -0.1) is 0 Å². The van der Waals surface area contributed by atoms with E-state index >= 15 is 0 Å². The monoisotopic (exact) mass is 591 g/mol. The third kappa shape index (κ3) is 5.05. The molecule has 1 aromatic heterocycles. The first-order valence-electron chi connectivity index (χ1n) is 13.9. The number of ether oxygens (including phenoxy) is 2. The summed E-state index contributed by atoms with van der Waals surface area (Å²) < 4.78 is 40.8. The van der Waals surface area contributed by atoms with Gasteiger partial charge in [-0.05, 0) is 51.0 Å². The Balaban J connectivity index is 1.49. The number of piperidine rings is 1. The minimum absolute atomic E-state index is 0.0780. The van der Waals surface area contributed by atoms with Gasteiger partial charge in [-0.3, -0.25) is 19.6 Å². The van der Waals surface area contributed by atoms with Gasteiger partial charge in [-0.25, -0.2) is 8.78 Å². The van der Waals surface area contributed by atoms with E-state index < -0.39 is 41.1 Å². The number of aliphatic hydroxyl groups excluding tert-OH is 1. The fourth-order valence-corrected chi connectivity index (χ4v) is 6.30. The molecule has 1 fully saturated rings. The number of carbonyl (C=O) groups excluding carboxylic acids is 2. The average Bonchev–Trinajstić information content (AvgIpc) is 3.35. The van der Waals surface area contributed by atoms with Crippen molar-refractivity contribution in [3.8, 4) is 22.6 Å². The minimum Gasteiger partial charge on any atom is -0.496 e. The Labute approximate surface area is 246 Å². The number of pyridine rings is 1. The van der Waals surface area contributed by atoms with Crippen LogP contribution in [0.3, 0.4) is 0 Å². The summed E-state index contributed by atoms with van der Waals surface area (Å²) in [6.07, 6.45) is 3.23. The van der Waals surface area contributed by atoms with E-state index in [0.29, 0.717) is 47.6 Å². The summed E-state index contributed by atoms with van der Waals surface area (Å²) >= 11 is 0. The second-order valence-corrected chi connectivity index (χ2v) is 11.7. The Morgan fingerprint density at radius 3 is 2.53 bits per heavy atom. The molecule has 0 radical (unpaired) electrons. The third-order valence-corrected chi connectivity index (χ3v) is 8.34. The number of anilines is 1. The standard InChI is InChI=1S/C31H31F2N5O5/c1-31(2)12-21(39)4-5-37(31)30(41)27-24-15-43-26-11-25(42-3)22(16-6-17(29(34)40)14-35-13-16)10-23(26)28(24)38(36-27)20-8-18(32)7-19(33)9-20/h6-11,13-14,21,24,28,39H,4-5,12,15H2,1-3H3,(H2,34,40). The van der Waals surface area contributed by atoms with Crippen molar-refractivity contribution >= 4 is 23.2 Å². The molecule has 3 unspecified atom stereocenters. The van der Waals surface area contributed by atoms with Crippen LogP contribution < -0.4 is 20.2 Å². The van der Waals surface area contributed by atoms with Crippen LogP contribution in [0.15, 0.2) is 53.9 Å². The number of fused-ring (bicyclic) bond motifs is 3. The Morgan fingerprint density at radius 1 is 1.12 bits per heavy atom. The zero-order valence-corrected chi connectivity index (χ0v) is 23.9. The van der Waals surface area contributed by atoms with Crippen molar-refractivity contribution in [3.63, 3.8) is 0 Å². The number of nitrogens with two attached hydrogens (primary N) is 1. The number of hydrogen-bond donors (Lipinski definition) is 2. The lowest BCUT2D eigenvalue weighted by Crippen LogP contribution is -2.56. The van der Waals surface area contributed by atoms with Gasteiger partial charge in [0.2, 0.25) is 5.91 Å². The molecular formula is C31H31F2N5O5. The smallest absolute Gasteiger partial charge is 0.271 e. The summed E-state index contributed by atoms with van der Waals surface area (Å²) in [5.41, 5.74) is 7.09. The highest BCUT2D eigenvalue weighted by atomic mass is 19.1. The Bertz CT molecular complexity index is 1640. The molecule has 3 N–H and O–H groups in total. The van der Waals surface area contributed by atoms with E-state index in [9.17, 15) is 23.5 Å². The second-order valence-electron chi connectivity index (χ2n) is 11.7. The molecule has 3 aromatic rings. The van der Waals surface area contributed by atoms with Crippen LogP contribution in [0.2, 0.25) is 0 Å². The SMILES string of the molecule is COc1cc2c(cc1-c1cncc(C(N)=O)c1)C1C(CO2)C(C(=O)N2CCC(O)CC2(C)C)=NN1c1cc(F)cc(F)c1. The summed E-state index contributed by atoms with van der Waals surface area (Å²) in [5, 5.41) is 16.4. The topological polar surface area (TPSA) is 131 Å². The van der Waals surface area contributed by atoms with Crippen LogP contribution in [-0.4, -0.2) is 64.4 Å². The normalized spacial score (nSPS) is 22.3. The van der Waals surface area contributed by atoms with Gasteiger partial charge in [0.15, 0.2) is 0 Å². The second kappa shape index (κ2) is 10.6. The molecule has 3 atom stereocenters. The molecule has 2 aromatic carbocycles. The summed E-state index contributed by atoms with van der Waals surface area (Å²) in [5.74, 6) is -2.25. The van der Waals surface area contributed by atoms with E-state index in [-0.39, 0.29) is 29.5 Å². The Kier molecular flexibility index (Phi) is 7.04. The lowest BCUT2D eigenvalue weighted by Gasteiger charge is -2.44. The number of aromatic nitrogens is 1. The third-order valence-electron chi connectivity index (χ3n) is 8.34. The van der Waals surface area contributed by atoms with E-state index in [4.69, 9.17) is 20.3 Å². The maximum absolute atomic E-state index is 14.5. The molecule has 12 heteroatoms. The van der Waals surface area contributed by atoms with Crippen LogP contribution in [-0.2, 0) is 4.79 Å². The molecule has 6 rings (SSSR count). The maximum Gasteiger partial charge on any atom is 0.271 e. The molecule has 2 amide bonds. The first kappa shape index (κ1) is 28.5. The number of primary amides is 1. The van der Waals surface area contributed by atoms with Crippen LogP contribution in [0, 0.1) is 17.6 Å². The van der Waals surface area contributed by atoms with Gasteiger partial charge in [-0.2, -0.15) is 5.10 Å². The van der Waals surface area contributed by atoms with Crippen LogP contribution >= 0.6 is 0 Å². The molecular weight excluding hydrogens is 560 g/mol. The molecule has 224 valence electrons. The zero-order valence-electron chi connectivity index (χ0n) is 23.9. The van der Waals surface area contributed by atoms with Gasteiger partial charge >= 0.3 is 0 Å². The number of likely N-dealkylation sites (tertiary alicyclic amines) is 1. The van der Waals surface area contributed by atoms with Crippen molar-refractivity contribution in [1.82, 2.24) is 9.88 Å². The van der Waals surface area contributed by atoms with Gasteiger partial charge in [0.05, 0.1) is 43.0 Å². The molecule has 4 heterocycles. The number of benzene rings is 2. The number of carbonyl (C=O) groups is 2. The van der Waals surface area contributed by atoms with Crippen molar-refractivity contribution in [3.05, 3.63) is 71.6 Å². The van der Waals surface area contributed by atoms with Crippen LogP contribution in [0.1, 0.15) is 48.7 Å². The first-order chi connectivity index (χ1) is 20.5. The minimum atomic E-state index is -0.787. The number of methoxy groups -OCH3 is 1. The molecule has 0 bridgehead atoms. The number of hydrogen-bond acceptors (Lipinski definition) is 8.